The van der Waals surface area contributed by atoms with E-state index in [1.165, 1.54) is 11.1 Å². The largest absolute Gasteiger partial charge is 0.355 e. The highest BCUT2D eigenvalue weighted by molar-refractivity contribution is 7.22. The van der Waals surface area contributed by atoms with Gasteiger partial charge in [-0.05, 0) is 31.4 Å². The Morgan fingerprint density at radius 2 is 2.19 bits per heavy atom. The molecule has 1 fully saturated rings. The normalized spacial score (nSPS) is 18.3. The maximum atomic E-state index is 6.02. The van der Waals surface area contributed by atoms with Crippen LogP contribution in [0.15, 0.2) is 24.3 Å². The summed E-state index contributed by atoms with van der Waals surface area (Å²) < 4.78 is 1.23. The minimum absolute atomic E-state index is 0.107. The number of para-hydroxylation sites is 1. The second-order valence-corrected chi connectivity index (χ2v) is 5.68. The van der Waals surface area contributed by atoms with Crippen LogP contribution in [0.4, 0.5) is 5.13 Å². The standard InChI is InChI=1S/C12H13ClN2S/c13-8-12(6-3-7-12)15-11-14-9-4-1-2-5-10(9)16-11/h1-2,4-5H,3,6-8H2,(H,14,15). The monoisotopic (exact) mass is 252 g/mol. The number of hydrogen-bond acceptors (Lipinski definition) is 3. The number of hydrogen-bond donors (Lipinski definition) is 1. The number of benzene rings is 1. The Hall–Kier alpha value is -0.800. The number of anilines is 1. The van der Waals surface area contributed by atoms with Crippen molar-refractivity contribution in [3.63, 3.8) is 0 Å². The van der Waals surface area contributed by atoms with Gasteiger partial charge in [-0.15, -0.1) is 11.6 Å². The molecule has 0 spiro atoms. The molecule has 0 saturated heterocycles. The number of thiazole rings is 1. The van der Waals surface area contributed by atoms with Crippen molar-refractivity contribution >= 4 is 38.3 Å². The molecule has 0 bridgehead atoms. The van der Waals surface area contributed by atoms with Crippen molar-refractivity contribution in [3.8, 4) is 0 Å². The summed E-state index contributed by atoms with van der Waals surface area (Å²) in [6.07, 6.45) is 3.59. The molecular formula is C12H13ClN2S. The maximum Gasteiger partial charge on any atom is 0.184 e. The van der Waals surface area contributed by atoms with E-state index < -0.39 is 0 Å². The third kappa shape index (κ3) is 1.68. The number of rotatable bonds is 3. The fourth-order valence-electron chi connectivity index (χ4n) is 2.05. The highest BCUT2D eigenvalue weighted by Gasteiger charge is 2.36. The van der Waals surface area contributed by atoms with E-state index in [2.05, 4.69) is 16.4 Å². The number of alkyl halides is 1. The van der Waals surface area contributed by atoms with Gasteiger partial charge in [0.25, 0.3) is 0 Å². The number of nitrogens with one attached hydrogen (secondary N) is 1. The second kappa shape index (κ2) is 3.90. The van der Waals surface area contributed by atoms with E-state index in [4.69, 9.17) is 11.6 Å². The van der Waals surface area contributed by atoms with E-state index >= 15 is 0 Å². The van der Waals surface area contributed by atoms with Gasteiger partial charge < -0.3 is 5.32 Å². The van der Waals surface area contributed by atoms with Crippen molar-refractivity contribution in [3.05, 3.63) is 24.3 Å². The average molecular weight is 253 g/mol. The van der Waals surface area contributed by atoms with Crippen molar-refractivity contribution in [2.24, 2.45) is 0 Å². The molecule has 1 aliphatic rings. The van der Waals surface area contributed by atoms with Crippen LogP contribution in [-0.2, 0) is 0 Å². The van der Waals surface area contributed by atoms with Gasteiger partial charge in [0.05, 0.1) is 15.8 Å². The zero-order valence-electron chi connectivity index (χ0n) is 8.87. The summed E-state index contributed by atoms with van der Waals surface area (Å²) in [6, 6.07) is 8.22. The third-order valence-corrected chi connectivity index (χ3v) is 4.70. The highest BCUT2D eigenvalue weighted by atomic mass is 35.5. The van der Waals surface area contributed by atoms with Crippen LogP contribution in [0, 0.1) is 0 Å². The zero-order valence-corrected chi connectivity index (χ0v) is 10.4. The van der Waals surface area contributed by atoms with E-state index in [1.54, 1.807) is 11.3 Å². The molecule has 3 rings (SSSR count). The van der Waals surface area contributed by atoms with Crippen LogP contribution in [0.25, 0.3) is 10.2 Å². The molecule has 1 saturated carbocycles. The molecule has 1 aliphatic carbocycles. The topological polar surface area (TPSA) is 24.9 Å². The first kappa shape index (κ1) is 10.4. The Labute approximate surface area is 104 Å². The van der Waals surface area contributed by atoms with Gasteiger partial charge in [0, 0.05) is 5.88 Å². The fourth-order valence-corrected chi connectivity index (χ4v) is 3.37. The van der Waals surface area contributed by atoms with Crippen molar-refractivity contribution in [1.82, 2.24) is 4.98 Å². The van der Waals surface area contributed by atoms with E-state index in [0.29, 0.717) is 5.88 Å². The third-order valence-electron chi connectivity index (χ3n) is 3.23. The molecule has 2 aromatic rings. The van der Waals surface area contributed by atoms with Crippen molar-refractivity contribution in [1.29, 1.82) is 0 Å². The first-order chi connectivity index (χ1) is 7.81. The molecular weight excluding hydrogens is 240 g/mol. The van der Waals surface area contributed by atoms with E-state index in [0.717, 1.165) is 23.5 Å². The molecule has 1 heterocycles. The Bertz CT molecular complexity index is 466. The Kier molecular flexibility index (Phi) is 2.52. The van der Waals surface area contributed by atoms with Crippen LogP contribution < -0.4 is 5.32 Å². The van der Waals surface area contributed by atoms with Crippen LogP contribution in [-0.4, -0.2) is 16.4 Å². The SMILES string of the molecule is ClCC1(Nc2nc3ccccc3s2)CCC1. The molecule has 0 unspecified atom stereocenters. The molecule has 0 atom stereocenters. The average Bonchev–Trinajstić information content (AvgIpc) is 2.65. The van der Waals surface area contributed by atoms with Gasteiger partial charge in [-0.2, -0.15) is 0 Å². The lowest BCUT2D eigenvalue weighted by molar-refractivity contribution is 0.311. The van der Waals surface area contributed by atoms with Crippen molar-refractivity contribution < 1.29 is 0 Å². The number of fused-ring (bicyclic) bond motifs is 1. The van der Waals surface area contributed by atoms with Crippen LogP contribution in [0.5, 0.6) is 0 Å². The van der Waals surface area contributed by atoms with Gasteiger partial charge in [0.15, 0.2) is 5.13 Å². The Morgan fingerprint density at radius 1 is 1.38 bits per heavy atom. The van der Waals surface area contributed by atoms with Crippen LogP contribution in [0.1, 0.15) is 19.3 Å². The molecule has 1 N–H and O–H groups in total. The van der Waals surface area contributed by atoms with Gasteiger partial charge in [0.2, 0.25) is 0 Å². The van der Waals surface area contributed by atoms with Gasteiger partial charge in [-0.25, -0.2) is 4.98 Å². The van der Waals surface area contributed by atoms with E-state index in [-0.39, 0.29) is 5.54 Å². The number of aromatic nitrogens is 1. The molecule has 0 radical (unpaired) electrons. The molecule has 16 heavy (non-hydrogen) atoms. The van der Waals surface area contributed by atoms with Gasteiger partial charge >= 0.3 is 0 Å². The summed E-state index contributed by atoms with van der Waals surface area (Å²) in [7, 11) is 0. The van der Waals surface area contributed by atoms with E-state index in [1.807, 2.05) is 18.2 Å². The lowest BCUT2D eigenvalue weighted by atomic mass is 9.78. The lowest BCUT2D eigenvalue weighted by Gasteiger charge is -2.40. The minimum atomic E-state index is 0.107. The Balaban J connectivity index is 1.89. The van der Waals surface area contributed by atoms with E-state index in [9.17, 15) is 0 Å². The molecule has 0 aliphatic heterocycles. The molecule has 0 amide bonds. The first-order valence-electron chi connectivity index (χ1n) is 5.51. The van der Waals surface area contributed by atoms with Crippen molar-refractivity contribution in [2.45, 2.75) is 24.8 Å². The fraction of sp³-hybridized carbons (Fsp3) is 0.417. The van der Waals surface area contributed by atoms with Crippen molar-refractivity contribution in [2.75, 3.05) is 11.2 Å². The zero-order chi connectivity index (χ0) is 11.0. The summed E-state index contributed by atoms with van der Waals surface area (Å²) in [5.74, 6) is 0.670. The number of halogens is 1. The predicted octanol–water partition coefficient (Wildman–Crippen LogP) is 3.87. The number of nitrogens with zero attached hydrogens (tertiary/aromatic N) is 1. The lowest BCUT2D eigenvalue weighted by Crippen LogP contribution is -2.46. The predicted molar refractivity (Wildman–Crippen MR) is 70.5 cm³/mol. The summed E-state index contributed by atoms with van der Waals surface area (Å²) in [4.78, 5) is 4.58. The highest BCUT2D eigenvalue weighted by Crippen LogP contribution is 2.38. The molecule has 1 aromatic carbocycles. The molecule has 1 aromatic heterocycles. The maximum absolute atomic E-state index is 6.02. The molecule has 84 valence electrons. The summed E-state index contributed by atoms with van der Waals surface area (Å²) >= 11 is 7.73. The first-order valence-corrected chi connectivity index (χ1v) is 6.86. The molecule has 4 heteroatoms. The van der Waals surface area contributed by atoms with Crippen LogP contribution in [0.3, 0.4) is 0 Å². The van der Waals surface area contributed by atoms with Crippen LogP contribution in [0.2, 0.25) is 0 Å². The molecule has 2 nitrogen and oxygen atoms in total. The Morgan fingerprint density at radius 3 is 2.81 bits per heavy atom. The smallest absolute Gasteiger partial charge is 0.184 e. The van der Waals surface area contributed by atoms with Gasteiger partial charge in [-0.3, -0.25) is 0 Å². The minimum Gasteiger partial charge on any atom is -0.355 e. The van der Waals surface area contributed by atoms with Gasteiger partial charge in [-0.1, -0.05) is 23.5 Å². The summed E-state index contributed by atoms with van der Waals surface area (Å²) in [5, 5.41) is 4.51. The van der Waals surface area contributed by atoms with Crippen LogP contribution >= 0.6 is 22.9 Å². The quantitative estimate of drug-likeness (QED) is 0.839. The van der Waals surface area contributed by atoms with Gasteiger partial charge in [0.1, 0.15) is 0 Å². The summed E-state index contributed by atoms with van der Waals surface area (Å²) in [5.41, 5.74) is 1.18. The second-order valence-electron chi connectivity index (χ2n) is 4.38. The summed E-state index contributed by atoms with van der Waals surface area (Å²) in [6.45, 7) is 0.